The molecule has 2 aromatic rings. The zero-order chi connectivity index (χ0) is 13.7. The van der Waals surface area contributed by atoms with Crippen LogP contribution in [0.2, 0.25) is 0 Å². The van der Waals surface area contributed by atoms with Crippen molar-refractivity contribution in [2.24, 2.45) is 0 Å². The van der Waals surface area contributed by atoms with Crippen molar-refractivity contribution in [1.82, 2.24) is 0 Å². The largest absolute Gasteiger partial charge is 0.496 e. The Morgan fingerprint density at radius 3 is 2.42 bits per heavy atom. The molecule has 0 aliphatic heterocycles. The Morgan fingerprint density at radius 2 is 1.74 bits per heavy atom. The molecule has 0 saturated carbocycles. The second-order valence-corrected chi connectivity index (χ2v) is 4.06. The number of rotatable bonds is 4. The first-order chi connectivity index (χ1) is 9.30. The van der Waals surface area contributed by atoms with Crippen molar-refractivity contribution in [2.75, 3.05) is 14.2 Å². The summed E-state index contributed by atoms with van der Waals surface area (Å²) in [5.74, 6) is 1.55. The number of methoxy groups -OCH3 is 2. The molecule has 0 bridgehead atoms. The van der Waals surface area contributed by atoms with Gasteiger partial charge in [-0.25, -0.2) is 0 Å². The minimum absolute atomic E-state index is 0.326. The van der Waals surface area contributed by atoms with Gasteiger partial charge in [0.05, 0.1) is 26.7 Å². The van der Waals surface area contributed by atoms with Gasteiger partial charge in [-0.2, -0.15) is 5.26 Å². The number of hydrogen-bond donors (Lipinski definition) is 0. The summed E-state index contributed by atoms with van der Waals surface area (Å²) in [6.45, 7) is 0. The van der Waals surface area contributed by atoms with Gasteiger partial charge in [0.15, 0.2) is 0 Å². The Labute approximate surface area is 113 Å². The Kier molecular flexibility index (Phi) is 4.04. The number of ether oxygens (including phenoxy) is 2. The van der Waals surface area contributed by atoms with Crippen molar-refractivity contribution in [3.8, 4) is 28.7 Å². The van der Waals surface area contributed by atoms with E-state index in [4.69, 9.17) is 14.7 Å². The zero-order valence-electron chi connectivity index (χ0n) is 11.0. The summed E-state index contributed by atoms with van der Waals surface area (Å²) in [5.41, 5.74) is 2.91. The van der Waals surface area contributed by atoms with Crippen LogP contribution in [0.25, 0.3) is 11.1 Å². The molecule has 0 radical (unpaired) electrons. The van der Waals surface area contributed by atoms with Crippen LogP contribution in [-0.4, -0.2) is 14.2 Å². The second-order valence-electron chi connectivity index (χ2n) is 4.06. The number of nitrogens with zero attached hydrogens (tertiary/aromatic N) is 1. The molecule has 0 aliphatic rings. The molecule has 0 fully saturated rings. The lowest BCUT2D eigenvalue weighted by Gasteiger charge is -2.11. The quantitative estimate of drug-likeness (QED) is 0.838. The minimum atomic E-state index is 0.326. The van der Waals surface area contributed by atoms with E-state index in [2.05, 4.69) is 6.07 Å². The number of para-hydroxylation sites is 1. The van der Waals surface area contributed by atoms with Crippen molar-refractivity contribution in [3.05, 3.63) is 48.0 Å². The van der Waals surface area contributed by atoms with Gasteiger partial charge < -0.3 is 9.47 Å². The molecule has 0 aromatic heterocycles. The molecule has 0 spiro atoms. The smallest absolute Gasteiger partial charge is 0.126 e. The van der Waals surface area contributed by atoms with Crippen LogP contribution in [-0.2, 0) is 6.42 Å². The molecule has 0 N–H and O–H groups in total. The molecular formula is C16H15NO2. The van der Waals surface area contributed by atoms with Crippen LogP contribution >= 0.6 is 0 Å². The standard InChI is InChI=1S/C16H15NO2/c1-18-15-8-7-12(11-13(15)9-10-17)14-5-3-4-6-16(14)19-2/h3-8,11H,9H2,1-2H3. The lowest BCUT2D eigenvalue weighted by molar-refractivity contribution is 0.410. The normalized spacial score (nSPS) is 9.74. The molecule has 0 amide bonds. The number of benzene rings is 2. The van der Waals surface area contributed by atoms with E-state index in [1.165, 1.54) is 0 Å². The van der Waals surface area contributed by atoms with E-state index in [9.17, 15) is 0 Å². The first-order valence-corrected chi connectivity index (χ1v) is 5.97. The van der Waals surface area contributed by atoms with Crippen LogP contribution in [0.15, 0.2) is 42.5 Å². The van der Waals surface area contributed by atoms with E-state index in [0.29, 0.717) is 6.42 Å². The van der Waals surface area contributed by atoms with Crippen molar-refractivity contribution < 1.29 is 9.47 Å². The number of nitriles is 1. The molecule has 2 aromatic carbocycles. The van der Waals surface area contributed by atoms with Gasteiger partial charge in [-0.3, -0.25) is 0 Å². The summed E-state index contributed by atoms with van der Waals surface area (Å²) in [6, 6.07) is 15.8. The van der Waals surface area contributed by atoms with E-state index in [-0.39, 0.29) is 0 Å². The summed E-state index contributed by atoms with van der Waals surface area (Å²) in [4.78, 5) is 0. The fraction of sp³-hybridized carbons (Fsp3) is 0.188. The van der Waals surface area contributed by atoms with Gasteiger partial charge in [0, 0.05) is 11.1 Å². The lowest BCUT2D eigenvalue weighted by Crippen LogP contribution is -1.93. The van der Waals surface area contributed by atoms with Gasteiger partial charge in [0.1, 0.15) is 11.5 Å². The fourth-order valence-electron chi connectivity index (χ4n) is 2.05. The molecule has 0 saturated heterocycles. The van der Waals surface area contributed by atoms with E-state index >= 15 is 0 Å². The van der Waals surface area contributed by atoms with Crippen molar-refractivity contribution in [1.29, 1.82) is 5.26 Å². The van der Waals surface area contributed by atoms with Gasteiger partial charge in [-0.1, -0.05) is 24.3 Å². The summed E-state index contributed by atoms with van der Waals surface area (Å²) in [7, 11) is 3.26. The van der Waals surface area contributed by atoms with Gasteiger partial charge in [-0.05, 0) is 23.8 Å². The Balaban J connectivity index is 2.51. The highest BCUT2D eigenvalue weighted by Crippen LogP contribution is 2.32. The molecule has 3 nitrogen and oxygen atoms in total. The van der Waals surface area contributed by atoms with Crippen molar-refractivity contribution >= 4 is 0 Å². The third kappa shape index (κ3) is 2.69. The number of hydrogen-bond acceptors (Lipinski definition) is 3. The van der Waals surface area contributed by atoms with E-state index in [1.807, 2.05) is 42.5 Å². The molecule has 96 valence electrons. The highest BCUT2D eigenvalue weighted by molar-refractivity contribution is 5.72. The molecule has 3 heteroatoms. The monoisotopic (exact) mass is 253 g/mol. The van der Waals surface area contributed by atoms with E-state index < -0.39 is 0 Å². The topological polar surface area (TPSA) is 42.2 Å². The Morgan fingerprint density at radius 1 is 1.00 bits per heavy atom. The Bertz CT molecular complexity index is 614. The predicted octanol–water partition coefficient (Wildman–Crippen LogP) is 3.44. The lowest BCUT2D eigenvalue weighted by atomic mass is 10.0. The molecular weight excluding hydrogens is 238 g/mol. The zero-order valence-corrected chi connectivity index (χ0v) is 11.0. The van der Waals surface area contributed by atoms with E-state index in [1.54, 1.807) is 14.2 Å². The molecule has 0 aliphatic carbocycles. The minimum Gasteiger partial charge on any atom is -0.496 e. The molecule has 19 heavy (non-hydrogen) atoms. The highest BCUT2D eigenvalue weighted by atomic mass is 16.5. The van der Waals surface area contributed by atoms with Gasteiger partial charge in [-0.15, -0.1) is 0 Å². The third-order valence-corrected chi connectivity index (χ3v) is 2.97. The van der Waals surface area contributed by atoms with Crippen LogP contribution < -0.4 is 9.47 Å². The van der Waals surface area contributed by atoms with Crippen LogP contribution in [0.3, 0.4) is 0 Å². The van der Waals surface area contributed by atoms with Crippen LogP contribution in [0.5, 0.6) is 11.5 Å². The fourth-order valence-corrected chi connectivity index (χ4v) is 2.05. The first kappa shape index (κ1) is 13.0. The van der Waals surface area contributed by atoms with Gasteiger partial charge in [0.2, 0.25) is 0 Å². The summed E-state index contributed by atoms with van der Waals surface area (Å²) >= 11 is 0. The molecule has 0 heterocycles. The summed E-state index contributed by atoms with van der Waals surface area (Å²) in [6.07, 6.45) is 0.326. The third-order valence-electron chi connectivity index (χ3n) is 2.97. The predicted molar refractivity (Wildman–Crippen MR) is 74.3 cm³/mol. The molecule has 0 unspecified atom stereocenters. The van der Waals surface area contributed by atoms with Crippen molar-refractivity contribution in [2.45, 2.75) is 6.42 Å². The first-order valence-electron chi connectivity index (χ1n) is 5.97. The molecule has 2 rings (SSSR count). The maximum Gasteiger partial charge on any atom is 0.126 e. The van der Waals surface area contributed by atoms with Gasteiger partial charge in [0.25, 0.3) is 0 Å². The van der Waals surface area contributed by atoms with Crippen LogP contribution in [0.4, 0.5) is 0 Å². The van der Waals surface area contributed by atoms with Crippen LogP contribution in [0.1, 0.15) is 5.56 Å². The highest BCUT2D eigenvalue weighted by Gasteiger charge is 2.09. The van der Waals surface area contributed by atoms with Crippen molar-refractivity contribution in [3.63, 3.8) is 0 Å². The molecule has 0 atom stereocenters. The maximum atomic E-state index is 8.87. The second kappa shape index (κ2) is 5.92. The average Bonchev–Trinajstić information content (AvgIpc) is 2.47. The van der Waals surface area contributed by atoms with Gasteiger partial charge >= 0.3 is 0 Å². The average molecular weight is 253 g/mol. The SMILES string of the molecule is COc1ccc(-c2ccccc2OC)cc1CC#N. The Hall–Kier alpha value is -2.47. The summed E-state index contributed by atoms with van der Waals surface area (Å²) in [5, 5.41) is 8.87. The van der Waals surface area contributed by atoms with Crippen LogP contribution in [0, 0.1) is 11.3 Å². The van der Waals surface area contributed by atoms with E-state index in [0.717, 1.165) is 28.2 Å². The maximum absolute atomic E-state index is 8.87. The summed E-state index contributed by atoms with van der Waals surface area (Å²) < 4.78 is 10.6.